The number of anilines is 1. The number of nitrogens with one attached hydrogen (secondary N) is 1. The molecular weight excluding hydrogens is 324 g/mol. The zero-order chi connectivity index (χ0) is 18.4. The zero-order valence-electron chi connectivity index (χ0n) is 14.1. The number of nitrogens with zero attached hydrogens (tertiary/aromatic N) is 1. The van der Waals surface area contributed by atoms with E-state index in [1.807, 2.05) is 30.3 Å². The number of aromatic nitrogens is 1. The van der Waals surface area contributed by atoms with Crippen LogP contribution in [0.5, 0.6) is 0 Å². The highest BCUT2D eigenvalue weighted by atomic mass is 16.5. The molecule has 2 aromatic rings. The molecule has 1 aromatic carbocycles. The molecule has 0 saturated carbocycles. The van der Waals surface area contributed by atoms with E-state index in [0.717, 1.165) is 10.1 Å². The molecule has 1 atom stereocenters. The standard InChI is InChI=1S/C18H20N2O5/c1-3-15(17(22)23)20-12(2)9-10-14(16(20)21)19-18(24)25-11-13-7-5-4-6-8-13/h4-10,15H,3,11H2,1-2H3,(H,19,24)(H,22,23). The van der Waals surface area contributed by atoms with E-state index < -0.39 is 23.7 Å². The van der Waals surface area contributed by atoms with E-state index in [1.165, 1.54) is 6.07 Å². The number of carboxylic acids is 1. The van der Waals surface area contributed by atoms with Gasteiger partial charge in [-0.3, -0.25) is 14.7 Å². The lowest BCUT2D eigenvalue weighted by atomic mass is 10.2. The molecule has 0 spiro atoms. The summed E-state index contributed by atoms with van der Waals surface area (Å²) < 4.78 is 6.24. The molecule has 1 unspecified atom stereocenters. The van der Waals surface area contributed by atoms with E-state index in [1.54, 1.807) is 19.9 Å². The molecule has 0 fully saturated rings. The number of amides is 1. The van der Waals surface area contributed by atoms with Crippen molar-refractivity contribution < 1.29 is 19.4 Å². The SMILES string of the molecule is CCC(C(=O)O)n1c(C)ccc(NC(=O)OCc2ccccc2)c1=O. The zero-order valence-corrected chi connectivity index (χ0v) is 14.1. The number of carbonyl (C=O) groups excluding carboxylic acids is 1. The summed E-state index contributed by atoms with van der Waals surface area (Å²) in [7, 11) is 0. The van der Waals surface area contributed by atoms with Crippen molar-refractivity contribution >= 4 is 17.7 Å². The lowest BCUT2D eigenvalue weighted by Gasteiger charge is -2.18. The second-order valence-electron chi connectivity index (χ2n) is 5.51. The summed E-state index contributed by atoms with van der Waals surface area (Å²) in [6, 6.07) is 11.2. The van der Waals surface area contributed by atoms with E-state index >= 15 is 0 Å². The monoisotopic (exact) mass is 344 g/mol. The molecule has 0 radical (unpaired) electrons. The van der Waals surface area contributed by atoms with Gasteiger partial charge in [0.15, 0.2) is 0 Å². The van der Waals surface area contributed by atoms with Crippen LogP contribution in [-0.4, -0.2) is 21.7 Å². The van der Waals surface area contributed by atoms with Gasteiger partial charge in [-0.15, -0.1) is 0 Å². The Kier molecular flexibility index (Phi) is 5.94. The van der Waals surface area contributed by atoms with Crippen LogP contribution in [0.25, 0.3) is 0 Å². The van der Waals surface area contributed by atoms with Crippen LogP contribution in [0, 0.1) is 6.92 Å². The normalized spacial score (nSPS) is 11.6. The highest BCUT2D eigenvalue weighted by molar-refractivity contribution is 5.84. The minimum Gasteiger partial charge on any atom is -0.480 e. The third kappa shape index (κ3) is 4.47. The summed E-state index contributed by atoms with van der Waals surface area (Å²) in [5, 5.41) is 11.7. The van der Waals surface area contributed by atoms with Gasteiger partial charge in [0.1, 0.15) is 18.3 Å². The van der Waals surface area contributed by atoms with Crippen LogP contribution in [0.2, 0.25) is 0 Å². The molecule has 2 rings (SSSR count). The first-order valence-electron chi connectivity index (χ1n) is 7.86. The maximum absolute atomic E-state index is 12.5. The van der Waals surface area contributed by atoms with Crippen molar-refractivity contribution in [3.05, 3.63) is 64.1 Å². The molecule has 0 saturated heterocycles. The minimum absolute atomic E-state index is 0.0247. The third-order valence-electron chi connectivity index (χ3n) is 3.75. The number of pyridine rings is 1. The van der Waals surface area contributed by atoms with Gasteiger partial charge in [-0.05, 0) is 31.0 Å². The molecular formula is C18H20N2O5. The molecule has 25 heavy (non-hydrogen) atoms. The summed E-state index contributed by atoms with van der Waals surface area (Å²) in [5.74, 6) is -1.10. The van der Waals surface area contributed by atoms with Crippen molar-refractivity contribution in [2.45, 2.75) is 32.9 Å². The van der Waals surface area contributed by atoms with Crippen LogP contribution in [-0.2, 0) is 16.1 Å². The van der Waals surface area contributed by atoms with Gasteiger partial charge >= 0.3 is 12.1 Å². The Morgan fingerprint density at radius 1 is 1.20 bits per heavy atom. The minimum atomic E-state index is -1.10. The van der Waals surface area contributed by atoms with Crippen molar-refractivity contribution in [3.8, 4) is 0 Å². The van der Waals surface area contributed by atoms with Crippen LogP contribution < -0.4 is 10.9 Å². The number of carboxylic acid groups (broad SMARTS) is 1. The summed E-state index contributed by atoms with van der Waals surface area (Å²) in [6.45, 7) is 3.39. The Labute approximate surface area is 144 Å². The number of hydrogen-bond donors (Lipinski definition) is 2. The highest BCUT2D eigenvalue weighted by Gasteiger charge is 2.22. The Bertz CT molecular complexity index is 814. The predicted molar refractivity (Wildman–Crippen MR) is 92.7 cm³/mol. The van der Waals surface area contributed by atoms with Gasteiger partial charge < -0.3 is 9.84 Å². The van der Waals surface area contributed by atoms with Crippen LogP contribution in [0.1, 0.15) is 30.6 Å². The topological polar surface area (TPSA) is 97.6 Å². The van der Waals surface area contributed by atoms with Crippen LogP contribution in [0.15, 0.2) is 47.3 Å². The van der Waals surface area contributed by atoms with Gasteiger partial charge in [-0.1, -0.05) is 37.3 Å². The summed E-state index contributed by atoms with van der Waals surface area (Å²) >= 11 is 0. The first-order valence-corrected chi connectivity index (χ1v) is 7.86. The fourth-order valence-electron chi connectivity index (χ4n) is 2.46. The van der Waals surface area contributed by atoms with Gasteiger partial charge in [0.2, 0.25) is 0 Å². The second kappa shape index (κ2) is 8.14. The maximum atomic E-state index is 12.5. The molecule has 7 nitrogen and oxygen atoms in total. The predicted octanol–water partition coefficient (Wildman–Crippen LogP) is 2.94. The van der Waals surface area contributed by atoms with Crippen LogP contribution in [0.3, 0.4) is 0 Å². The molecule has 0 aliphatic heterocycles. The van der Waals surface area contributed by atoms with Gasteiger partial charge in [0, 0.05) is 5.69 Å². The number of rotatable bonds is 6. The van der Waals surface area contributed by atoms with Gasteiger partial charge in [0.25, 0.3) is 5.56 Å². The number of hydrogen-bond acceptors (Lipinski definition) is 4. The second-order valence-corrected chi connectivity index (χ2v) is 5.51. The molecule has 1 heterocycles. The van der Waals surface area contributed by atoms with Crippen molar-refractivity contribution in [1.82, 2.24) is 4.57 Å². The van der Waals surface area contributed by atoms with Gasteiger partial charge in [-0.2, -0.15) is 0 Å². The third-order valence-corrected chi connectivity index (χ3v) is 3.75. The van der Waals surface area contributed by atoms with E-state index in [4.69, 9.17) is 4.74 Å². The van der Waals surface area contributed by atoms with Crippen molar-refractivity contribution in [2.75, 3.05) is 5.32 Å². The lowest BCUT2D eigenvalue weighted by molar-refractivity contribution is -0.141. The average molecular weight is 344 g/mol. The maximum Gasteiger partial charge on any atom is 0.412 e. The Morgan fingerprint density at radius 2 is 1.88 bits per heavy atom. The summed E-state index contributed by atoms with van der Waals surface area (Å²) in [5.41, 5.74) is 0.715. The molecule has 1 amide bonds. The van der Waals surface area contributed by atoms with Gasteiger partial charge in [-0.25, -0.2) is 9.59 Å². The largest absolute Gasteiger partial charge is 0.480 e. The highest BCUT2D eigenvalue weighted by Crippen LogP contribution is 2.14. The molecule has 0 aliphatic rings. The van der Waals surface area contributed by atoms with Crippen LogP contribution in [0.4, 0.5) is 10.5 Å². The smallest absolute Gasteiger partial charge is 0.412 e. The van der Waals surface area contributed by atoms with E-state index in [0.29, 0.717) is 5.69 Å². The van der Waals surface area contributed by atoms with E-state index in [2.05, 4.69) is 5.32 Å². The molecule has 2 N–H and O–H groups in total. The lowest BCUT2D eigenvalue weighted by Crippen LogP contribution is -2.33. The van der Waals surface area contributed by atoms with Gasteiger partial charge in [0.05, 0.1) is 0 Å². The number of benzene rings is 1. The quantitative estimate of drug-likeness (QED) is 0.839. The Hall–Kier alpha value is -3.09. The first kappa shape index (κ1) is 18.3. The van der Waals surface area contributed by atoms with Crippen molar-refractivity contribution in [3.63, 3.8) is 0 Å². The summed E-state index contributed by atoms with van der Waals surface area (Å²) in [6.07, 6.45) is -0.530. The van der Waals surface area contributed by atoms with Crippen molar-refractivity contribution in [1.29, 1.82) is 0 Å². The average Bonchev–Trinajstić information content (AvgIpc) is 2.60. The van der Waals surface area contributed by atoms with E-state index in [-0.39, 0.29) is 18.7 Å². The number of ether oxygens (including phenoxy) is 1. The summed E-state index contributed by atoms with van der Waals surface area (Å²) in [4.78, 5) is 35.8. The van der Waals surface area contributed by atoms with E-state index in [9.17, 15) is 19.5 Å². The molecule has 7 heteroatoms. The number of aliphatic carboxylic acids is 1. The number of carbonyl (C=O) groups is 2. The number of aryl methyl sites for hydroxylation is 1. The fourth-order valence-corrected chi connectivity index (χ4v) is 2.46. The molecule has 0 bridgehead atoms. The fraction of sp³-hybridized carbons (Fsp3) is 0.278. The molecule has 1 aromatic heterocycles. The first-order chi connectivity index (χ1) is 11.9. The Morgan fingerprint density at radius 3 is 2.48 bits per heavy atom. The Balaban J connectivity index is 2.16. The molecule has 132 valence electrons. The molecule has 0 aliphatic carbocycles. The van der Waals surface area contributed by atoms with Crippen molar-refractivity contribution in [2.24, 2.45) is 0 Å². The van der Waals surface area contributed by atoms with Crippen LogP contribution >= 0.6 is 0 Å².